The van der Waals surface area contributed by atoms with Gasteiger partial charge >= 0.3 is 0 Å². The summed E-state index contributed by atoms with van der Waals surface area (Å²) in [6.07, 6.45) is 1.54. The Bertz CT molecular complexity index is 2290. The number of carbonyl (C=O) groups excluding carboxylic acids is 2. The van der Waals surface area contributed by atoms with E-state index in [4.69, 9.17) is 46.4 Å². The minimum Gasteiger partial charge on any atom is -0.354 e. The molecule has 2 aromatic heterocycles. The average molecular weight is 817 g/mol. The summed E-state index contributed by atoms with van der Waals surface area (Å²) in [5, 5.41) is 6.35. The molecule has 17 heteroatoms. The number of fused-ring (bicyclic) bond motifs is 2. The first-order valence-electron chi connectivity index (χ1n) is 16.8. The predicted molar refractivity (Wildman–Crippen MR) is 210 cm³/mol. The van der Waals surface area contributed by atoms with Gasteiger partial charge in [0.25, 0.3) is 10.0 Å². The van der Waals surface area contributed by atoms with Crippen molar-refractivity contribution in [3.8, 4) is 0 Å². The number of hydrogen-bond donors (Lipinski definition) is 3. The maximum atomic E-state index is 13.6. The average Bonchev–Trinajstić information content (AvgIpc) is 3.42. The van der Waals surface area contributed by atoms with Crippen molar-refractivity contribution in [1.29, 1.82) is 0 Å². The fourth-order valence-electron chi connectivity index (χ4n) is 5.98. The van der Waals surface area contributed by atoms with Crippen molar-refractivity contribution in [1.82, 2.24) is 24.8 Å². The van der Waals surface area contributed by atoms with Gasteiger partial charge < -0.3 is 15.5 Å². The van der Waals surface area contributed by atoms with Crippen LogP contribution in [-0.2, 0) is 16.4 Å². The molecule has 0 radical (unpaired) electrons. The topological polar surface area (TPSA) is 159 Å². The monoisotopic (exact) mass is 814 g/mol. The number of aromatic nitrogens is 4. The van der Waals surface area contributed by atoms with Gasteiger partial charge in [-0.2, -0.15) is 15.0 Å². The Morgan fingerprint density at radius 2 is 1.40 bits per heavy atom. The van der Waals surface area contributed by atoms with E-state index in [0.717, 1.165) is 26.1 Å². The molecular formula is C36H34Cl4N8O4S. The van der Waals surface area contributed by atoms with Crippen molar-refractivity contribution >= 4 is 102 Å². The van der Waals surface area contributed by atoms with Crippen molar-refractivity contribution in [3.63, 3.8) is 0 Å². The molecule has 0 unspecified atom stereocenters. The van der Waals surface area contributed by atoms with Gasteiger partial charge in [-0.25, -0.2) is 13.4 Å². The van der Waals surface area contributed by atoms with Crippen molar-refractivity contribution in [2.45, 2.75) is 44.4 Å². The minimum absolute atomic E-state index is 0.0219. The van der Waals surface area contributed by atoms with Gasteiger partial charge in [0.15, 0.2) is 11.6 Å². The molecule has 0 fully saturated rings. The molecule has 12 nitrogen and oxygen atoms in total. The van der Waals surface area contributed by atoms with E-state index in [2.05, 4.69) is 54.0 Å². The lowest BCUT2D eigenvalue weighted by Crippen LogP contribution is -2.25. The maximum Gasteiger partial charge on any atom is 0.261 e. The molecule has 6 rings (SSSR count). The molecular weight excluding hydrogens is 782 g/mol. The molecule has 0 bridgehead atoms. The molecule has 0 aliphatic heterocycles. The Labute approximate surface area is 326 Å². The highest BCUT2D eigenvalue weighted by Gasteiger charge is 2.45. The van der Waals surface area contributed by atoms with E-state index in [9.17, 15) is 18.0 Å². The summed E-state index contributed by atoms with van der Waals surface area (Å²) in [5.41, 5.74) is 0.738. The third-order valence-electron chi connectivity index (χ3n) is 8.81. The largest absolute Gasteiger partial charge is 0.354 e. The number of benzene rings is 3. The van der Waals surface area contributed by atoms with Gasteiger partial charge in [-0.05, 0) is 62.5 Å². The number of sulfonamides is 1. The van der Waals surface area contributed by atoms with Crippen LogP contribution >= 0.6 is 46.4 Å². The number of pyridine rings is 1. The molecule has 53 heavy (non-hydrogen) atoms. The number of aryl methyl sites for hydroxylation is 1. The van der Waals surface area contributed by atoms with Gasteiger partial charge in [0, 0.05) is 24.0 Å². The van der Waals surface area contributed by atoms with Crippen molar-refractivity contribution in [2.24, 2.45) is 0 Å². The number of rotatable bonds is 14. The van der Waals surface area contributed by atoms with Crippen LogP contribution in [0.3, 0.4) is 0 Å². The quantitative estimate of drug-likeness (QED) is 0.0427. The van der Waals surface area contributed by atoms with E-state index in [-0.39, 0.29) is 53.0 Å². The molecule has 0 spiro atoms. The van der Waals surface area contributed by atoms with E-state index >= 15 is 0 Å². The van der Waals surface area contributed by atoms with Crippen LogP contribution in [0.4, 0.5) is 23.3 Å². The summed E-state index contributed by atoms with van der Waals surface area (Å²) >= 11 is 25.0. The minimum atomic E-state index is -4.12. The Morgan fingerprint density at radius 1 is 0.755 bits per heavy atom. The first-order chi connectivity index (χ1) is 25.4. The molecule has 276 valence electrons. The van der Waals surface area contributed by atoms with Gasteiger partial charge in [0.2, 0.25) is 11.9 Å². The Hall–Kier alpha value is -4.11. The van der Waals surface area contributed by atoms with Crippen LogP contribution in [0, 0.1) is 0 Å². The van der Waals surface area contributed by atoms with Gasteiger partial charge in [-0.1, -0.05) is 85.4 Å². The van der Waals surface area contributed by atoms with E-state index in [1.165, 1.54) is 24.3 Å². The smallest absolute Gasteiger partial charge is 0.261 e. The zero-order valence-corrected chi connectivity index (χ0v) is 32.6. The number of anilines is 4. The first kappa shape index (κ1) is 38.6. The van der Waals surface area contributed by atoms with Crippen molar-refractivity contribution in [2.75, 3.05) is 41.5 Å². The highest BCUT2D eigenvalue weighted by Crippen LogP contribution is 2.48. The Balaban J connectivity index is 1.20. The molecule has 5 aromatic rings. The molecule has 0 saturated carbocycles. The fraction of sp³-hybridized carbons (Fsp3) is 0.278. The molecule has 0 amide bonds. The Morgan fingerprint density at radius 3 is 2.02 bits per heavy atom. The normalized spacial score (nSPS) is 13.2. The fourth-order valence-corrected chi connectivity index (χ4v) is 8.09. The first-order valence-corrected chi connectivity index (χ1v) is 19.8. The van der Waals surface area contributed by atoms with E-state index in [1.807, 2.05) is 6.92 Å². The number of halogens is 4. The SMILES string of the molecule is CCc1nc(NCCCN(CC)CC)nc(Nc2ccc(S(=O)(=O)Nc3cccc4ccc(C5C(=O)c6c(Cl)c(Cl)c(Cl)c(Cl)c6C5=O)nc34)cc2)n1. The molecule has 2 heterocycles. The highest BCUT2D eigenvalue weighted by atomic mass is 35.5. The zero-order valence-electron chi connectivity index (χ0n) is 28.8. The van der Waals surface area contributed by atoms with Crippen LogP contribution in [0.5, 0.6) is 0 Å². The maximum absolute atomic E-state index is 13.6. The number of ketones is 2. The summed E-state index contributed by atoms with van der Waals surface area (Å²) in [6.45, 7) is 9.89. The third kappa shape index (κ3) is 7.91. The van der Waals surface area contributed by atoms with Gasteiger partial charge in [-0.3, -0.25) is 14.3 Å². The van der Waals surface area contributed by atoms with Gasteiger partial charge in [0.1, 0.15) is 11.7 Å². The lowest BCUT2D eigenvalue weighted by atomic mass is 9.98. The molecule has 0 saturated heterocycles. The van der Waals surface area contributed by atoms with Crippen LogP contribution in [0.15, 0.2) is 59.5 Å². The van der Waals surface area contributed by atoms with E-state index < -0.39 is 27.5 Å². The second-order valence-electron chi connectivity index (χ2n) is 12.1. The number of Topliss-reactive ketones (excluding diaryl/α,β-unsaturated/α-hetero) is 2. The Kier molecular flexibility index (Phi) is 11.7. The number of carbonyl (C=O) groups is 2. The second-order valence-corrected chi connectivity index (χ2v) is 15.3. The van der Waals surface area contributed by atoms with Gasteiger partial charge in [0.05, 0.1) is 53.0 Å². The van der Waals surface area contributed by atoms with Crippen LogP contribution in [0.2, 0.25) is 20.1 Å². The lowest BCUT2D eigenvalue weighted by Gasteiger charge is -2.17. The molecule has 0 atom stereocenters. The van der Waals surface area contributed by atoms with E-state index in [1.54, 1.807) is 30.3 Å². The summed E-state index contributed by atoms with van der Waals surface area (Å²) in [7, 11) is -4.12. The van der Waals surface area contributed by atoms with Gasteiger partial charge in [-0.15, -0.1) is 0 Å². The lowest BCUT2D eigenvalue weighted by molar-refractivity contribution is 0.0888. The summed E-state index contributed by atoms with van der Waals surface area (Å²) in [5.74, 6) is -1.28. The summed E-state index contributed by atoms with van der Waals surface area (Å²) < 4.78 is 29.8. The number of nitrogens with zero attached hydrogens (tertiary/aromatic N) is 5. The molecule has 1 aliphatic carbocycles. The predicted octanol–water partition coefficient (Wildman–Crippen LogP) is 8.45. The van der Waals surface area contributed by atoms with Crippen LogP contribution in [0.25, 0.3) is 10.9 Å². The number of hydrogen-bond acceptors (Lipinski definition) is 11. The van der Waals surface area contributed by atoms with E-state index in [0.29, 0.717) is 41.8 Å². The van der Waals surface area contributed by atoms with Crippen molar-refractivity contribution in [3.05, 3.63) is 97.3 Å². The molecule has 1 aliphatic rings. The molecule has 3 aromatic carbocycles. The second kappa shape index (κ2) is 16.1. The summed E-state index contributed by atoms with van der Waals surface area (Å²) in [6, 6.07) is 14.2. The van der Waals surface area contributed by atoms with Crippen LogP contribution in [-0.4, -0.2) is 71.0 Å². The van der Waals surface area contributed by atoms with Crippen molar-refractivity contribution < 1.29 is 18.0 Å². The third-order valence-corrected chi connectivity index (χ3v) is 12.0. The highest BCUT2D eigenvalue weighted by molar-refractivity contribution is 7.92. The van der Waals surface area contributed by atoms with Crippen LogP contribution in [0.1, 0.15) is 65.3 Å². The number of para-hydroxylation sites is 1. The zero-order chi connectivity index (χ0) is 38.0. The summed E-state index contributed by atoms with van der Waals surface area (Å²) in [4.78, 5) is 47.4. The number of nitrogens with one attached hydrogen (secondary N) is 3. The molecule has 3 N–H and O–H groups in total. The van der Waals surface area contributed by atoms with Crippen LogP contribution < -0.4 is 15.4 Å². The standard InChI is InChI=1S/C36H34Cl4N8O4S/c1-4-24-44-35(41-17-8-18-48(5-2)6-3)46-36(45-24)42-20-12-14-21(15-13-20)53(51,52)47-23-10-7-9-19-11-16-22(43-32(19)23)25-33(49)26-27(34(25)50)29(38)31(40)30(39)28(26)37/h7,9-16,25,47H,4-6,8,17-18H2,1-3H3,(H2,41,42,44,45,46).